The van der Waals surface area contributed by atoms with E-state index in [0.29, 0.717) is 24.6 Å². The number of fused-ring (bicyclic) bond motifs is 1. The molecule has 4 nitrogen and oxygen atoms in total. The summed E-state index contributed by atoms with van der Waals surface area (Å²) in [7, 11) is 0. The van der Waals surface area contributed by atoms with E-state index in [-0.39, 0.29) is 11.8 Å². The predicted octanol–water partition coefficient (Wildman–Crippen LogP) is 6.04. The fourth-order valence-electron chi connectivity index (χ4n) is 4.63. The fraction of sp³-hybridized carbons (Fsp3) is 0.357. The number of rotatable bonds is 4. The van der Waals surface area contributed by atoms with Crippen LogP contribution in [-0.2, 0) is 4.79 Å². The van der Waals surface area contributed by atoms with Crippen molar-refractivity contribution in [2.24, 2.45) is 5.41 Å². The molecule has 0 aliphatic carbocycles. The lowest BCUT2D eigenvalue weighted by atomic mass is 9.84. The van der Waals surface area contributed by atoms with Gasteiger partial charge in [-0.1, -0.05) is 80.9 Å². The van der Waals surface area contributed by atoms with Crippen LogP contribution >= 0.6 is 11.6 Å². The van der Waals surface area contributed by atoms with Gasteiger partial charge >= 0.3 is 0 Å². The molecule has 3 aromatic rings. The second-order valence-corrected chi connectivity index (χ2v) is 10.4. The SMILES string of the molecule is CC(C)(C)C(NC(=O)c1cccc2ccccc12)C(=O)N1CCC(c2ccc(Cl)cc2)CC1. The highest BCUT2D eigenvalue weighted by atomic mass is 35.5. The van der Waals surface area contributed by atoms with Crippen LogP contribution in [0.25, 0.3) is 10.8 Å². The number of nitrogens with one attached hydrogen (secondary N) is 1. The maximum atomic E-state index is 13.6. The quantitative estimate of drug-likeness (QED) is 0.513. The summed E-state index contributed by atoms with van der Waals surface area (Å²) in [5.74, 6) is 0.200. The van der Waals surface area contributed by atoms with Crippen molar-refractivity contribution in [2.45, 2.75) is 45.6 Å². The summed E-state index contributed by atoms with van der Waals surface area (Å²) in [5.41, 5.74) is 1.45. The van der Waals surface area contributed by atoms with Crippen molar-refractivity contribution in [3.8, 4) is 0 Å². The molecule has 1 heterocycles. The molecule has 33 heavy (non-hydrogen) atoms. The Balaban J connectivity index is 1.48. The molecule has 1 atom stereocenters. The topological polar surface area (TPSA) is 49.4 Å². The van der Waals surface area contributed by atoms with E-state index in [4.69, 9.17) is 11.6 Å². The molecule has 172 valence electrons. The highest BCUT2D eigenvalue weighted by Crippen LogP contribution is 2.31. The normalized spacial score (nSPS) is 15.9. The van der Waals surface area contributed by atoms with Gasteiger partial charge in [-0.3, -0.25) is 9.59 Å². The third-order valence-electron chi connectivity index (χ3n) is 6.57. The van der Waals surface area contributed by atoms with Gasteiger partial charge in [0.25, 0.3) is 5.91 Å². The van der Waals surface area contributed by atoms with Gasteiger partial charge in [-0.05, 0) is 58.7 Å². The standard InChI is InChI=1S/C28H31ClN2O2/c1-28(2,3)25(30-26(32)24-10-6-8-21-7-4-5-9-23(21)24)27(33)31-17-15-20(16-18-31)19-11-13-22(29)14-12-19/h4-14,20,25H,15-18H2,1-3H3,(H,30,32). The Hall–Kier alpha value is -2.85. The van der Waals surface area contributed by atoms with Crippen molar-refractivity contribution in [3.05, 3.63) is 82.9 Å². The van der Waals surface area contributed by atoms with Crippen LogP contribution in [0, 0.1) is 5.41 Å². The highest BCUT2D eigenvalue weighted by molar-refractivity contribution is 6.30. The van der Waals surface area contributed by atoms with Crippen LogP contribution < -0.4 is 5.32 Å². The monoisotopic (exact) mass is 462 g/mol. The van der Waals surface area contributed by atoms with E-state index < -0.39 is 11.5 Å². The van der Waals surface area contributed by atoms with Crippen LogP contribution in [0.4, 0.5) is 0 Å². The van der Waals surface area contributed by atoms with E-state index in [0.717, 1.165) is 28.6 Å². The van der Waals surface area contributed by atoms with Crippen LogP contribution in [0.15, 0.2) is 66.7 Å². The lowest BCUT2D eigenvalue weighted by molar-refractivity contribution is -0.136. The van der Waals surface area contributed by atoms with Gasteiger partial charge in [-0.15, -0.1) is 0 Å². The van der Waals surface area contributed by atoms with Gasteiger partial charge in [0.1, 0.15) is 6.04 Å². The summed E-state index contributed by atoms with van der Waals surface area (Å²) in [6.45, 7) is 7.36. The first-order chi connectivity index (χ1) is 15.7. The number of hydrogen-bond acceptors (Lipinski definition) is 2. The van der Waals surface area contributed by atoms with Gasteiger partial charge in [0.2, 0.25) is 5.91 Å². The lowest BCUT2D eigenvalue weighted by Gasteiger charge is -2.38. The molecule has 0 spiro atoms. The van der Waals surface area contributed by atoms with Gasteiger partial charge < -0.3 is 10.2 Å². The van der Waals surface area contributed by atoms with Crippen molar-refractivity contribution in [1.82, 2.24) is 10.2 Å². The summed E-state index contributed by atoms with van der Waals surface area (Å²) in [6, 6.07) is 20.9. The number of carbonyl (C=O) groups is 2. The smallest absolute Gasteiger partial charge is 0.252 e. The molecule has 1 unspecified atom stereocenters. The van der Waals surface area contributed by atoms with Gasteiger partial charge in [-0.2, -0.15) is 0 Å². The number of benzene rings is 3. The molecule has 2 amide bonds. The largest absolute Gasteiger partial charge is 0.341 e. The zero-order valence-electron chi connectivity index (χ0n) is 19.5. The van der Waals surface area contributed by atoms with E-state index in [1.807, 2.05) is 80.3 Å². The van der Waals surface area contributed by atoms with E-state index in [9.17, 15) is 9.59 Å². The second-order valence-electron chi connectivity index (χ2n) is 9.95. The minimum Gasteiger partial charge on any atom is -0.341 e. The van der Waals surface area contributed by atoms with Crippen LogP contribution in [0.5, 0.6) is 0 Å². The number of nitrogens with zero attached hydrogens (tertiary/aromatic N) is 1. The number of hydrogen-bond donors (Lipinski definition) is 1. The van der Waals surface area contributed by atoms with Crippen molar-refractivity contribution in [2.75, 3.05) is 13.1 Å². The van der Waals surface area contributed by atoms with Crippen molar-refractivity contribution < 1.29 is 9.59 Å². The van der Waals surface area contributed by atoms with Crippen molar-refractivity contribution in [1.29, 1.82) is 0 Å². The average molecular weight is 463 g/mol. The molecule has 1 aliphatic heterocycles. The molecular formula is C28H31ClN2O2. The Morgan fingerprint density at radius 3 is 2.24 bits per heavy atom. The molecule has 1 saturated heterocycles. The molecule has 1 N–H and O–H groups in total. The van der Waals surface area contributed by atoms with Gasteiger partial charge in [0, 0.05) is 23.7 Å². The minimum absolute atomic E-state index is 0.00866. The zero-order valence-corrected chi connectivity index (χ0v) is 20.2. The number of piperidine rings is 1. The van der Waals surface area contributed by atoms with Crippen LogP contribution in [0.3, 0.4) is 0 Å². The molecule has 0 aromatic heterocycles. The molecule has 0 bridgehead atoms. The van der Waals surface area contributed by atoms with E-state index in [1.54, 1.807) is 0 Å². The molecular weight excluding hydrogens is 432 g/mol. The van der Waals surface area contributed by atoms with E-state index in [1.165, 1.54) is 5.56 Å². The highest BCUT2D eigenvalue weighted by Gasteiger charge is 2.37. The third-order valence-corrected chi connectivity index (χ3v) is 6.82. The minimum atomic E-state index is -0.601. The summed E-state index contributed by atoms with van der Waals surface area (Å²) in [6.07, 6.45) is 1.81. The lowest BCUT2D eigenvalue weighted by Crippen LogP contribution is -2.56. The summed E-state index contributed by atoms with van der Waals surface area (Å²) in [4.78, 5) is 28.7. The molecule has 0 radical (unpaired) electrons. The Bertz CT molecular complexity index is 1140. The maximum absolute atomic E-state index is 13.6. The van der Waals surface area contributed by atoms with E-state index >= 15 is 0 Å². The number of amides is 2. The number of likely N-dealkylation sites (tertiary alicyclic amines) is 1. The van der Waals surface area contributed by atoms with Crippen molar-refractivity contribution in [3.63, 3.8) is 0 Å². The summed E-state index contributed by atoms with van der Waals surface area (Å²) >= 11 is 6.02. The Morgan fingerprint density at radius 2 is 1.58 bits per heavy atom. The molecule has 0 saturated carbocycles. The Morgan fingerprint density at radius 1 is 0.939 bits per heavy atom. The van der Waals surface area contributed by atoms with Crippen LogP contribution in [0.2, 0.25) is 5.02 Å². The molecule has 5 heteroatoms. The van der Waals surface area contributed by atoms with Crippen LogP contribution in [0.1, 0.15) is 55.5 Å². The molecule has 1 aliphatic rings. The summed E-state index contributed by atoms with van der Waals surface area (Å²) in [5, 5.41) is 5.70. The third kappa shape index (κ3) is 5.22. The van der Waals surface area contributed by atoms with Gasteiger partial charge in [0.15, 0.2) is 0 Å². The number of carbonyl (C=O) groups excluding carboxylic acids is 2. The van der Waals surface area contributed by atoms with Crippen LogP contribution in [-0.4, -0.2) is 35.8 Å². The average Bonchev–Trinajstić information content (AvgIpc) is 2.81. The number of halogens is 1. The summed E-state index contributed by atoms with van der Waals surface area (Å²) < 4.78 is 0. The predicted molar refractivity (Wildman–Crippen MR) is 135 cm³/mol. The first kappa shape index (κ1) is 23.3. The Labute approximate surface area is 200 Å². The maximum Gasteiger partial charge on any atom is 0.252 e. The second kappa shape index (κ2) is 9.56. The zero-order chi connectivity index (χ0) is 23.6. The molecule has 3 aromatic carbocycles. The fourth-order valence-corrected chi connectivity index (χ4v) is 4.76. The van der Waals surface area contributed by atoms with E-state index in [2.05, 4.69) is 17.4 Å². The Kier molecular flexibility index (Phi) is 6.76. The van der Waals surface area contributed by atoms with Gasteiger partial charge in [0.05, 0.1) is 0 Å². The first-order valence-electron chi connectivity index (χ1n) is 11.6. The molecule has 4 rings (SSSR count). The first-order valence-corrected chi connectivity index (χ1v) is 11.9. The van der Waals surface area contributed by atoms with Gasteiger partial charge in [-0.25, -0.2) is 0 Å². The molecule has 1 fully saturated rings. The van der Waals surface area contributed by atoms with Crippen molar-refractivity contribution >= 4 is 34.2 Å².